The molecule has 0 aromatic carbocycles. The number of hydrogen-bond acceptors (Lipinski definition) is 3. The van der Waals surface area contributed by atoms with Gasteiger partial charge in [0.2, 0.25) is 0 Å². The fourth-order valence-corrected chi connectivity index (χ4v) is 1.04. The number of carbonyl (C=O) groups excluding carboxylic acids is 2. The van der Waals surface area contributed by atoms with Crippen molar-refractivity contribution in [3.8, 4) is 0 Å². The average Bonchev–Trinajstić information content (AvgIpc) is 2.27. The molecule has 0 N–H and O–H groups in total. The predicted octanol–water partition coefficient (Wildman–Crippen LogP) is 1.00. The molecule has 0 saturated heterocycles. The van der Waals surface area contributed by atoms with Crippen LogP contribution in [0, 0.1) is 0 Å². The Labute approximate surface area is 70.7 Å². The summed E-state index contributed by atoms with van der Waals surface area (Å²) in [5, 5.41) is 0. The van der Waals surface area contributed by atoms with E-state index in [-0.39, 0.29) is 11.5 Å². The van der Waals surface area contributed by atoms with Gasteiger partial charge in [0, 0.05) is 12.0 Å². The highest BCUT2D eigenvalue weighted by atomic mass is 16.5. The lowest BCUT2D eigenvalue weighted by atomic mass is 10.2. The molecule has 12 heavy (non-hydrogen) atoms. The van der Waals surface area contributed by atoms with Crippen LogP contribution in [0.15, 0.2) is 23.5 Å². The highest BCUT2D eigenvalue weighted by molar-refractivity contribution is 5.96. The maximum Gasteiger partial charge on any atom is 0.197 e. The average molecular weight is 166 g/mol. The Balaban J connectivity index is 2.92. The van der Waals surface area contributed by atoms with E-state index >= 15 is 0 Å². The third-order valence-corrected chi connectivity index (χ3v) is 1.68. The third-order valence-electron chi connectivity index (χ3n) is 1.68. The smallest absolute Gasteiger partial charge is 0.197 e. The van der Waals surface area contributed by atoms with Crippen LogP contribution in [0.3, 0.4) is 0 Å². The molecule has 0 aliphatic heterocycles. The number of Topliss-reactive ketones (excluding diaryl/α,β-unsaturated/α-hetero) is 1. The Kier molecular flexibility index (Phi) is 2.80. The second-order valence-corrected chi connectivity index (χ2v) is 2.50. The first-order chi connectivity index (χ1) is 5.77. The van der Waals surface area contributed by atoms with E-state index in [9.17, 15) is 9.59 Å². The molecule has 0 unspecified atom stereocenters. The van der Waals surface area contributed by atoms with Crippen molar-refractivity contribution in [2.75, 3.05) is 7.11 Å². The molecule has 0 aromatic heterocycles. The summed E-state index contributed by atoms with van der Waals surface area (Å²) >= 11 is 0. The SMILES string of the molecule is COC1=CC(C=O)=CCCC1=O. The van der Waals surface area contributed by atoms with Gasteiger partial charge in [-0.15, -0.1) is 0 Å². The topological polar surface area (TPSA) is 43.4 Å². The summed E-state index contributed by atoms with van der Waals surface area (Å²) in [5.41, 5.74) is 0.512. The van der Waals surface area contributed by atoms with E-state index in [0.29, 0.717) is 18.4 Å². The van der Waals surface area contributed by atoms with E-state index in [1.807, 2.05) is 0 Å². The summed E-state index contributed by atoms with van der Waals surface area (Å²) < 4.78 is 4.83. The van der Waals surface area contributed by atoms with Crippen molar-refractivity contribution in [3.63, 3.8) is 0 Å². The molecule has 0 radical (unpaired) electrons. The first-order valence-corrected chi connectivity index (χ1v) is 3.72. The zero-order valence-electron chi connectivity index (χ0n) is 6.87. The Morgan fingerprint density at radius 2 is 2.33 bits per heavy atom. The molecule has 0 fully saturated rings. The monoisotopic (exact) mass is 166 g/mol. The normalized spacial score (nSPS) is 17.6. The van der Waals surface area contributed by atoms with Crippen molar-refractivity contribution in [1.82, 2.24) is 0 Å². The van der Waals surface area contributed by atoms with Crippen LogP contribution in [0.4, 0.5) is 0 Å². The summed E-state index contributed by atoms with van der Waals surface area (Å²) in [7, 11) is 1.43. The van der Waals surface area contributed by atoms with Crippen LogP contribution >= 0.6 is 0 Å². The second kappa shape index (κ2) is 3.85. The highest BCUT2D eigenvalue weighted by Gasteiger charge is 2.12. The maximum absolute atomic E-state index is 11.2. The van der Waals surface area contributed by atoms with Crippen LogP contribution in [-0.2, 0) is 14.3 Å². The highest BCUT2D eigenvalue weighted by Crippen LogP contribution is 2.12. The minimum absolute atomic E-state index is 0.0504. The lowest BCUT2D eigenvalue weighted by Crippen LogP contribution is -2.02. The van der Waals surface area contributed by atoms with Gasteiger partial charge in [-0.05, 0) is 12.5 Å². The van der Waals surface area contributed by atoms with Crippen molar-refractivity contribution in [1.29, 1.82) is 0 Å². The third kappa shape index (κ3) is 1.81. The number of ketones is 1. The van der Waals surface area contributed by atoms with Gasteiger partial charge in [0.05, 0.1) is 7.11 Å². The fraction of sp³-hybridized carbons (Fsp3) is 0.333. The van der Waals surface area contributed by atoms with Crippen molar-refractivity contribution in [2.45, 2.75) is 12.8 Å². The summed E-state index contributed by atoms with van der Waals surface area (Å²) in [6.45, 7) is 0. The second-order valence-electron chi connectivity index (χ2n) is 2.50. The maximum atomic E-state index is 11.2. The van der Waals surface area contributed by atoms with Gasteiger partial charge in [-0.1, -0.05) is 6.08 Å². The Morgan fingerprint density at radius 3 is 2.92 bits per heavy atom. The first-order valence-electron chi connectivity index (χ1n) is 3.72. The molecule has 1 rings (SSSR count). The fourth-order valence-electron chi connectivity index (χ4n) is 1.04. The number of allylic oxidation sites excluding steroid dienone is 4. The molecule has 1 aliphatic carbocycles. The van der Waals surface area contributed by atoms with Crippen molar-refractivity contribution < 1.29 is 14.3 Å². The van der Waals surface area contributed by atoms with Gasteiger partial charge < -0.3 is 4.74 Å². The van der Waals surface area contributed by atoms with Crippen molar-refractivity contribution in [2.24, 2.45) is 0 Å². The molecular weight excluding hydrogens is 156 g/mol. The van der Waals surface area contributed by atoms with Crippen LogP contribution in [0.2, 0.25) is 0 Å². The van der Waals surface area contributed by atoms with E-state index in [4.69, 9.17) is 4.74 Å². The Morgan fingerprint density at radius 1 is 1.58 bits per heavy atom. The van der Waals surface area contributed by atoms with Gasteiger partial charge in [0.1, 0.15) is 6.29 Å². The Hall–Kier alpha value is -1.38. The number of aldehydes is 1. The number of carbonyl (C=O) groups is 2. The molecule has 0 bridgehead atoms. The lowest BCUT2D eigenvalue weighted by Gasteiger charge is -2.00. The van der Waals surface area contributed by atoms with Crippen LogP contribution < -0.4 is 0 Å². The molecule has 0 amide bonds. The molecule has 0 heterocycles. The molecule has 0 saturated carbocycles. The van der Waals surface area contributed by atoms with Gasteiger partial charge in [0.25, 0.3) is 0 Å². The molecule has 3 heteroatoms. The molecule has 1 aliphatic rings. The number of rotatable bonds is 2. The van der Waals surface area contributed by atoms with Crippen molar-refractivity contribution >= 4 is 12.1 Å². The van der Waals surface area contributed by atoms with Crippen LogP contribution in [-0.4, -0.2) is 19.2 Å². The van der Waals surface area contributed by atoms with Gasteiger partial charge in [-0.2, -0.15) is 0 Å². The lowest BCUT2D eigenvalue weighted by molar-refractivity contribution is -0.118. The van der Waals surface area contributed by atoms with Gasteiger partial charge >= 0.3 is 0 Å². The number of hydrogen-bond donors (Lipinski definition) is 0. The molecule has 0 spiro atoms. The number of ether oxygens (including phenoxy) is 1. The number of methoxy groups -OCH3 is 1. The zero-order chi connectivity index (χ0) is 8.97. The van der Waals surface area contributed by atoms with E-state index in [0.717, 1.165) is 6.29 Å². The van der Waals surface area contributed by atoms with E-state index < -0.39 is 0 Å². The molecule has 0 aromatic rings. The molecule has 64 valence electrons. The largest absolute Gasteiger partial charge is 0.493 e. The van der Waals surface area contributed by atoms with E-state index in [1.54, 1.807) is 6.08 Å². The minimum atomic E-state index is -0.0504. The standard InChI is InChI=1S/C9H10O3/c1-12-9-5-7(6-10)3-2-4-8(9)11/h3,5-6H,2,4H2,1H3. The van der Waals surface area contributed by atoms with Gasteiger partial charge in [-0.25, -0.2) is 0 Å². The summed E-state index contributed by atoms with van der Waals surface area (Å²) in [4.78, 5) is 21.6. The Bertz CT molecular complexity index is 261. The summed E-state index contributed by atoms with van der Waals surface area (Å²) in [6, 6.07) is 0. The molecule has 3 nitrogen and oxygen atoms in total. The quantitative estimate of drug-likeness (QED) is 0.575. The molecule has 0 atom stereocenters. The van der Waals surface area contributed by atoms with Gasteiger partial charge in [-0.3, -0.25) is 9.59 Å². The summed E-state index contributed by atoms with van der Waals surface area (Å²) in [5.74, 6) is 0.219. The first kappa shape index (κ1) is 8.71. The van der Waals surface area contributed by atoms with Crippen LogP contribution in [0.25, 0.3) is 0 Å². The van der Waals surface area contributed by atoms with E-state index in [2.05, 4.69) is 0 Å². The zero-order valence-corrected chi connectivity index (χ0v) is 6.87. The van der Waals surface area contributed by atoms with Gasteiger partial charge in [0.15, 0.2) is 11.5 Å². The minimum Gasteiger partial charge on any atom is -0.493 e. The molecular formula is C9H10O3. The van der Waals surface area contributed by atoms with Crippen molar-refractivity contribution in [3.05, 3.63) is 23.5 Å². The predicted molar refractivity (Wildman–Crippen MR) is 43.5 cm³/mol. The van der Waals surface area contributed by atoms with Crippen LogP contribution in [0.1, 0.15) is 12.8 Å². The van der Waals surface area contributed by atoms with Crippen LogP contribution in [0.5, 0.6) is 0 Å². The van der Waals surface area contributed by atoms with E-state index in [1.165, 1.54) is 13.2 Å². The summed E-state index contributed by atoms with van der Waals surface area (Å²) in [6.07, 6.45) is 4.95.